The topological polar surface area (TPSA) is 21.1 Å². The monoisotopic (exact) mass is 331 g/mol. The summed E-state index contributed by atoms with van der Waals surface area (Å²) in [5.74, 6) is 1.10. The van der Waals surface area contributed by atoms with Gasteiger partial charge in [0.05, 0.1) is 5.52 Å². The summed E-state index contributed by atoms with van der Waals surface area (Å²) in [6, 6.07) is 8.96. The van der Waals surface area contributed by atoms with Gasteiger partial charge in [0.1, 0.15) is 0 Å². The number of aromatic nitrogens is 2. The van der Waals surface area contributed by atoms with Crippen molar-refractivity contribution in [3.8, 4) is 0 Å². The third kappa shape index (κ3) is 2.55. The van der Waals surface area contributed by atoms with Gasteiger partial charge in [0.2, 0.25) is 0 Å². The van der Waals surface area contributed by atoms with E-state index in [0.717, 1.165) is 31.9 Å². The van der Waals surface area contributed by atoms with Gasteiger partial charge in [-0.05, 0) is 49.9 Å². The van der Waals surface area contributed by atoms with Crippen LogP contribution in [0.25, 0.3) is 10.9 Å². The maximum absolute atomic E-state index is 4.79. The zero-order valence-corrected chi connectivity index (χ0v) is 15.3. The highest BCUT2D eigenvalue weighted by Crippen LogP contribution is 2.33. The van der Waals surface area contributed by atoms with Gasteiger partial charge in [0, 0.05) is 36.9 Å². The second kappa shape index (κ2) is 6.07. The Kier molecular flexibility index (Phi) is 3.87. The van der Waals surface area contributed by atoms with Gasteiger partial charge in [-0.3, -0.25) is 0 Å². The molecule has 0 atom stereocenters. The zero-order chi connectivity index (χ0) is 17.6. The van der Waals surface area contributed by atoms with E-state index < -0.39 is 0 Å². The van der Waals surface area contributed by atoms with Crippen LogP contribution >= 0.6 is 0 Å². The molecule has 0 aliphatic carbocycles. The predicted octanol–water partition coefficient (Wildman–Crippen LogP) is 4.71. The van der Waals surface area contributed by atoms with Gasteiger partial charge in [0.25, 0.3) is 0 Å². The summed E-state index contributed by atoms with van der Waals surface area (Å²) in [6.07, 6.45) is 5.00. The standard InChI is InChI=1S/C22H25N3/c1-5-11-25-17(4)16(3)20-8-10-23-22(21(20)25)24-12-9-18-7-6-15(2)13-19(18)14-24/h5-8,10,13H,1,9,11-12,14H2,2-4H3. The molecule has 3 heteroatoms. The number of rotatable bonds is 3. The molecule has 0 amide bonds. The summed E-state index contributed by atoms with van der Waals surface area (Å²) in [7, 11) is 0. The Balaban J connectivity index is 1.85. The van der Waals surface area contributed by atoms with Crippen molar-refractivity contribution in [1.29, 1.82) is 0 Å². The summed E-state index contributed by atoms with van der Waals surface area (Å²) in [5, 5.41) is 1.30. The lowest BCUT2D eigenvalue weighted by Crippen LogP contribution is -2.31. The smallest absolute Gasteiger partial charge is 0.153 e. The summed E-state index contributed by atoms with van der Waals surface area (Å²) in [5.41, 5.74) is 8.12. The number of aryl methyl sites for hydroxylation is 2. The minimum Gasteiger partial charge on any atom is -0.350 e. The summed E-state index contributed by atoms with van der Waals surface area (Å²) >= 11 is 0. The van der Waals surface area contributed by atoms with Crippen LogP contribution in [0.3, 0.4) is 0 Å². The first-order valence-electron chi connectivity index (χ1n) is 8.98. The Labute approximate surface area is 149 Å². The summed E-state index contributed by atoms with van der Waals surface area (Å²) in [6.45, 7) is 13.3. The molecule has 0 N–H and O–H groups in total. The third-order valence-electron chi connectivity index (χ3n) is 5.51. The first kappa shape index (κ1) is 15.9. The van der Waals surface area contributed by atoms with Crippen LogP contribution in [0.4, 0.5) is 5.82 Å². The molecule has 0 bridgehead atoms. The van der Waals surface area contributed by atoms with Crippen molar-refractivity contribution in [2.45, 2.75) is 40.3 Å². The normalized spacial score (nSPS) is 14.0. The Morgan fingerprint density at radius 2 is 2.00 bits per heavy atom. The molecular formula is C22H25N3. The SMILES string of the molecule is C=CCn1c(C)c(C)c2ccnc(N3CCc4ccc(C)cc4C3)c21. The van der Waals surface area contributed by atoms with Crippen molar-refractivity contribution < 1.29 is 0 Å². The van der Waals surface area contributed by atoms with Crippen LogP contribution in [0.1, 0.15) is 27.9 Å². The molecule has 4 rings (SSSR count). The van der Waals surface area contributed by atoms with Crippen LogP contribution < -0.4 is 4.90 Å². The molecule has 3 heterocycles. The van der Waals surface area contributed by atoms with Gasteiger partial charge in [-0.15, -0.1) is 6.58 Å². The molecular weight excluding hydrogens is 306 g/mol. The number of allylic oxidation sites excluding steroid dienone is 1. The van der Waals surface area contributed by atoms with Crippen molar-refractivity contribution in [1.82, 2.24) is 9.55 Å². The quantitative estimate of drug-likeness (QED) is 0.648. The Hall–Kier alpha value is -2.55. The molecule has 3 aromatic rings. The third-order valence-corrected chi connectivity index (χ3v) is 5.51. The van der Waals surface area contributed by atoms with Crippen molar-refractivity contribution in [2.24, 2.45) is 0 Å². The minimum atomic E-state index is 0.818. The van der Waals surface area contributed by atoms with Crippen LogP contribution in [0.5, 0.6) is 0 Å². The van der Waals surface area contributed by atoms with Gasteiger partial charge in [0.15, 0.2) is 5.82 Å². The number of nitrogens with zero attached hydrogens (tertiary/aromatic N) is 3. The van der Waals surface area contributed by atoms with Crippen LogP contribution in [-0.2, 0) is 19.5 Å². The van der Waals surface area contributed by atoms with Crippen molar-refractivity contribution >= 4 is 16.7 Å². The summed E-state index contributed by atoms with van der Waals surface area (Å²) in [4.78, 5) is 7.23. The predicted molar refractivity (Wildman–Crippen MR) is 105 cm³/mol. The Bertz CT molecular complexity index is 965. The van der Waals surface area contributed by atoms with E-state index in [4.69, 9.17) is 4.98 Å². The number of benzene rings is 1. The van der Waals surface area contributed by atoms with Crippen molar-refractivity contribution in [3.05, 3.63) is 71.1 Å². The Morgan fingerprint density at radius 1 is 1.16 bits per heavy atom. The molecule has 1 aliphatic heterocycles. The fourth-order valence-electron chi connectivity index (χ4n) is 4.03. The molecule has 2 aromatic heterocycles. The first-order chi connectivity index (χ1) is 12.1. The molecule has 25 heavy (non-hydrogen) atoms. The number of hydrogen-bond acceptors (Lipinski definition) is 2. The number of fused-ring (bicyclic) bond motifs is 2. The lowest BCUT2D eigenvalue weighted by Gasteiger charge is -2.31. The molecule has 0 radical (unpaired) electrons. The lowest BCUT2D eigenvalue weighted by molar-refractivity contribution is 0.718. The fourth-order valence-corrected chi connectivity index (χ4v) is 4.03. The van der Waals surface area contributed by atoms with Crippen LogP contribution in [0.15, 0.2) is 43.1 Å². The van der Waals surface area contributed by atoms with E-state index in [1.54, 1.807) is 0 Å². The highest BCUT2D eigenvalue weighted by atomic mass is 15.2. The van der Waals surface area contributed by atoms with Crippen LogP contribution in [-0.4, -0.2) is 16.1 Å². The van der Waals surface area contributed by atoms with E-state index in [9.17, 15) is 0 Å². The highest BCUT2D eigenvalue weighted by molar-refractivity contribution is 5.93. The second-order valence-electron chi connectivity index (χ2n) is 7.08. The van der Waals surface area contributed by atoms with Gasteiger partial charge in [-0.1, -0.05) is 29.8 Å². The molecule has 128 valence electrons. The molecule has 0 spiro atoms. The molecule has 1 aromatic carbocycles. The van der Waals surface area contributed by atoms with E-state index in [1.165, 1.54) is 38.9 Å². The van der Waals surface area contributed by atoms with Crippen LogP contribution in [0.2, 0.25) is 0 Å². The maximum Gasteiger partial charge on any atom is 0.153 e. The molecule has 1 aliphatic rings. The van der Waals surface area contributed by atoms with Crippen molar-refractivity contribution in [2.75, 3.05) is 11.4 Å². The first-order valence-corrected chi connectivity index (χ1v) is 8.98. The van der Waals surface area contributed by atoms with Gasteiger partial charge >= 0.3 is 0 Å². The number of hydrogen-bond donors (Lipinski definition) is 0. The highest BCUT2D eigenvalue weighted by Gasteiger charge is 2.22. The second-order valence-corrected chi connectivity index (χ2v) is 7.08. The lowest BCUT2D eigenvalue weighted by atomic mass is 9.97. The minimum absolute atomic E-state index is 0.818. The average molecular weight is 331 g/mol. The van der Waals surface area contributed by atoms with E-state index >= 15 is 0 Å². The van der Waals surface area contributed by atoms with E-state index in [1.807, 2.05) is 12.3 Å². The van der Waals surface area contributed by atoms with Crippen LogP contribution in [0, 0.1) is 20.8 Å². The summed E-state index contributed by atoms with van der Waals surface area (Å²) < 4.78 is 2.35. The van der Waals surface area contributed by atoms with Gasteiger partial charge in [-0.2, -0.15) is 0 Å². The molecule has 0 saturated heterocycles. The number of pyridine rings is 1. The molecule has 3 nitrogen and oxygen atoms in total. The van der Waals surface area contributed by atoms with E-state index in [-0.39, 0.29) is 0 Å². The molecule has 0 unspecified atom stereocenters. The zero-order valence-electron chi connectivity index (χ0n) is 15.3. The number of anilines is 1. The van der Waals surface area contributed by atoms with E-state index in [0.29, 0.717) is 0 Å². The average Bonchev–Trinajstić information content (AvgIpc) is 2.86. The van der Waals surface area contributed by atoms with E-state index in [2.05, 4.69) is 61.1 Å². The van der Waals surface area contributed by atoms with Gasteiger partial charge in [-0.25, -0.2) is 4.98 Å². The molecule has 0 saturated carbocycles. The maximum atomic E-state index is 4.79. The van der Waals surface area contributed by atoms with Crippen molar-refractivity contribution in [3.63, 3.8) is 0 Å². The Morgan fingerprint density at radius 3 is 2.80 bits per heavy atom. The molecule has 0 fully saturated rings. The van der Waals surface area contributed by atoms with Gasteiger partial charge < -0.3 is 9.47 Å². The fraction of sp³-hybridized carbons (Fsp3) is 0.318. The largest absolute Gasteiger partial charge is 0.350 e.